The Labute approximate surface area is 237 Å². The molecule has 3 aliphatic carbocycles. The number of carbonyl (C=O) groups is 1. The highest BCUT2D eigenvalue weighted by Crippen LogP contribution is 2.67. The number of likely N-dealkylation sites (N-methyl/N-ethyl adjacent to an activating group) is 1. The fourth-order valence-corrected chi connectivity index (χ4v) is 7.09. The lowest BCUT2D eigenvalue weighted by atomic mass is 9.68. The maximum atomic E-state index is 14.6. The topological polar surface area (TPSA) is 85.0 Å². The molecule has 0 aliphatic heterocycles. The number of aromatic nitrogens is 4. The normalized spacial score (nSPS) is 22.1. The average Bonchev–Trinajstić information content (AvgIpc) is 3.60. The molecule has 2 bridgehead atoms. The van der Waals surface area contributed by atoms with Crippen molar-refractivity contribution in [1.29, 1.82) is 0 Å². The van der Waals surface area contributed by atoms with Crippen LogP contribution < -0.4 is 0 Å². The van der Waals surface area contributed by atoms with Gasteiger partial charge in [0.05, 0.1) is 17.0 Å². The number of hydrogen-bond donors (Lipinski definition) is 0. The summed E-state index contributed by atoms with van der Waals surface area (Å²) in [7, 11) is 0. The van der Waals surface area contributed by atoms with Gasteiger partial charge in [-0.15, -0.1) is 0 Å². The van der Waals surface area contributed by atoms with E-state index in [1.165, 1.54) is 18.2 Å². The van der Waals surface area contributed by atoms with Crippen LogP contribution in [0.4, 0.5) is 8.78 Å². The summed E-state index contributed by atoms with van der Waals surface area (Å²) >= 11 is 0. The molecule has 9 heteroatoms. The van der Waals surface area contributed by atoms with Gasteiger partial charge in [0.2, 0.25) is 11.7 Å². The zero-order valence-corrected chi connectivity index (χ0v) is 23.3. The number of hydrogen-bond acceptors (Lipinski definition) is 6. The fraction of sp³-hybridized carbons (Fsp3) is 0.406. The highest BCUT2D eigenvalue weighted by atomic mass is 19.1. The van der Waals surface area contributed by atoms with Crippen molar-refractivity contribution in [2.24, 2.45) is 5.41 Å². The number of nitrogens with zero attached hydrogens (tertiary/aromatic N) is 5. The van der Waals surface area contributed by atoms with Crippen LogP contribution in [-0.4, -0.2) is 44.2 Å². The fourth-order valence-electron chi connectivity index (χ4n) is 7.09. The zero-order valence-electron chi connectivity index (χ0n) is 23.3. The SMILES string of the molecule is CCN(C[C@@]12CC[C@@H](c3cc(-c4c(F)cccc4F)nnc31)C2(C)C)C(=O)c1ccc(-c2noc(C3CC3)n2)cc1. The van der Waals surface area contributed by atoms with E-state index >= 15 is 0 Å². The summed E-state index contributed by atoms with van der Waals surface area (Å²) in [5, 5.41) is 13.0. The molecule has 3 aliphatic rings. The number of benzene rings is 2. The van der Waals surface area contributed by atoms with Crippen molar-refractivity contribution in [2.75, 3.05) is 13.1 Å². The number of carbonyl (C=O) groups excluding carboxylic acids is 1. The minimum absolute atomic E-state index is 0.0640. The highest BCUT2D eigenvalue weighted by molar-refractivity contribution is 5.94. The molecule has 0 unspecified atom stereocenters. The summed E-state index contributed by atoms with van der Waals surface area (Å²) < 4.78 is 34.5. The van der Waals surface area contributed by atoms with Gasteiger partial charge in [0, 0.05) is 35.5 Å². The summed E-state index contributed by atoms with van der Waals surface area (Å²) in [6.45, 7) is 7.41. The molecule has 2 atom stereocenters. The lowest BCUT2D eigenvalue weighted by molar-refractivity contribution is 0.0652. The minimum Gasteiger partial charge on any atom is -0.339 e. The molecule has 2 aromatic heterocycles. The first-order valence-corrected chi connectivity index (χ1v) is 14.3. The minimum atomic E-state index is -0.659. The predicted molar refractivity (Wildman–Crippen MR) is 148 cm³/mol. The summed E-state index contributed by atoms with van der Waals surface area (Å²) in [5.74, 6) is 0.371. The Morgan fingerprint density at radius 3 is 2.46 bits per heavy atom. The van der Waals surface area contributed by atoms with Gasteiger partial charge in [-0.3, -0.25) is 4.79 Å². The molecule has 2 fully saturated rings. The van der Waals surface area contributed by atoms with Crippen LogP contribution in [0.15, 0.2) is 53.1 Å². The second kappa shape index (κ2) is 9.26. The van der Waals surface area contributed by atoms with E-state index in [1.807, 2.05) is 36.1 Å². The Balaban J connectivity index is 1.17. The molecular weight excluding hydrogens is 524 g/mol. The molecule has 2 aromatic carbocycles. The first-order valence-electron chi connectivity index (χ1n) is 14.3. The molecule has 4 aromatic rings. The third kappa shape index (κ3) is 3.92. The molecule has 7 nitrogen and oxygen atoms in total. The number of amides is 1. The third-order valence-electron chi connectivity index (χ3n) is 9.72. The molecular formula is C32H31F2N5O2. The van der Waals surface area contributed by atoms with E-state index in [-0.39, 0.29) is 28.5 Å². The molecule has 0 spiro atoms. The van der Waals surface area contributed by atoms with Crippen LogP contribution in [-0.2, 0) is 5.41 Å². The van der Waals surface area contributed by atoms with E-state index in [1.54, 1.807) is 6.07 Å². The van der Waals surface area contributed by atoms with Gasteiger partial charge in [-0.25, -0.2) is 8.78 Å². The smallest absolute Gasteiger partial charge is 0.253 e. The maximum Gasteiger partial charge on any atom is 0.253 e. The van der Waals surface area contributed by atoms with E-state index in [0.717, 1.165) is 42.5 Å². The van der Waals surface area contributed by atoms with Crippen molar-refractivity contribution in [2.45, 2.75) is 63.7 Å². The van der Waals surface area contributed by atoms with Gasteiger partial charge in [0.15, 0.2) is 0 Å². The highest BCUT2D eigenvalue weighted by Gasteiger charge is 2.64. The van der Waals surface area contributed by atoms with Crippen molar-refractivity contribution < 1.29 is 18.1 Å². The number of halogens is 2. The monoisotopic (exact) mass is 555 g/mol. The molecule has 0 radical (unpaired) electrons. The van der Waals surface area contributed by atoms with Crippen molar-refractivity contribution in [3.8, 4) is 22.6 Å². The van der Waals surface area contributed by atoms with Crippen LogP contribution in [0.1, 0.15) is 85.8 Å². The van der Waals surface area contributed by atoms with Crippen molar-refractivity contribution in [3.05, 3.63) is 82.9 Å². The van der Waals surface area contributed by atoms with Crippen LogP contribution in [0, 0.1) is 17.0 Å². The summed E-state index contributed by atoms with van der Waals surface area (Å²) in [6, 6.07) is 12.9. The second-order valence-corrected chi connectivity index (χ2v) is 12.2. The van der Waals surface area contributed by atoms with Gasteiger partial charge in [-0.05, 0) is 79.8 Å². The molecule has 1 amide bonds. The largest absolute Gasteiger partial charge is 0.339 e. The molecule has 2 saturated carbocycles. The van der Waals surface area contributed by atoms with Crippen molar-refractivity contribution >= 4 is 5.91 Å². The third-order valence-corrected chi connectivity index (χ3v) is 9.72. The Kier molecular flexibility index (Phi) is 5.85. The summed E-state index contributed by atoms with van der Waals surface area (Å²) in [5.41, 5.74) is 2.62. The molecule has 2 heterocycles. The first kappa shape index (κ1) is 25.9. The zero-order chi connectivity index (χ0) is 28.5. The quantitative estimate of drug-likeness (QED) is 0.253. The summed E-state index contributed by atoms with van der Waals surface area (Å²) in [4.78, 5) is 20.2. The van der Waals surface area contributed by atoms with E-state index in [2.05, 4.69) is 34.2 Å². The van der Waals surface area contributed by atoms with Crippen molar-refractivity contribution in [3.63, 3.8) is 0 Å². The lowest BCUT2D eigenvalue weighted by Gasteiger charge is -2.41. The van der Waals surface area contributed by atoms with E-state index in [4.69, 9.17) is 4.52 Å². The Morgan fingerprint density at radius 2 is 1.78 bits per heavy atom. The Bertz CT molecular complexity index is 1640. The van der Waals surface area contributed by atoms with Gasteiger partial charge in [0.1, 0.15) is 11.6 Å². The van der Waals surface area contributed by atoms with E-state index in [0.29, 0.717) is 36.3 Å². The van der Waals surface area contributed by atoms with Crippen LogP contribution in [0.3, 0.4) is 0 Å². The van der Waals surface area contributed by atoms with Gasteiger partial charge in [0.25, 0.3) is 5.91 Å². The molecule has 210 valence electrons. The molecule has 0 N–H and O–H groups in total. The lowest BCUT2D eigenvalue weighted by Crippen LogP contribution is -2.48. The van der Waals surface area contributed by atoms with Crippen LogP contribution in [0.5, 0.6) is 0 Å². The van der Waals surface area contributed by atoms with Gasteiger partial charge >= 0.3 is 0 Å². The number of rotatable bonds is 7. The standard InChI is InChI=1S/C32H31F2N5O2/c1-4-39(30(40)20-12-8-18(9-13-20)28-35-29(41-38-28)19-10-11-19)17-32-15-14-22(31(32,2)3)21-16-25(36-37-27(21)32)26-23(33)6-5-7-24(26)34/h5-9,12-13,16,19,22H,4,10-11,14-15,17H2,1-3H3/t22-,32-/m0/s1. The van der Waals surface area contributed by atoms with E-state index in [9.17, 15) is 13.6 Å². The van der Waals surface area contributed by atoms with E-state index < -0.39 is 17.0 Å². The maximum absolute atomic E-state index is 14.6. The van der Waals surface area contributed by atoms with Gasteiger partial charge < -0.3 is 9.42 Å². The Hall–Kier alpha value is -4.01. The predicted octanol–water partition coefficient (Wildman–Crippen LogP) is 6.67. The Morgan fingerprint density at radius 1 is 1.05 bits per heavy atom. The molecule has 7 rings (SSSR count). The average molecular weight is 556 g/mol. The first-order chi connectivity index (χ1) is 19.7. The van der Waals surface area contributed by atoms with Crippen molar-refractivity contribution in [1.82, 2.24) is 25.2 Å². The number of fused-ring (bicyclic) bond motifs is 5. The van der Waals surface area contributed by atoms with Crippen LogP contribution >= 0.6 is 0 Å². The molecule has 0 saturated heterocycles. The van der Waals surface area contributed by atoms with Gasteiger partial charge in [-0.1, -0.05) is 37.2 Å². The van der Waals surface area contributed by atoms with Gasteiger partial charge in [-0.2, -0.15) is 15.2 Å². The van der Waals surface area contributed by atoms with Crippen LogP contribution in [0.25, 0.3) is 22.6 Å². The second-order valence-electron chi connectivity index (χ2n) is 12.2. The van der Waals surface area contributed by atoms with Crippen LogP contribution in [0.2, 0.25) is 0 Å². The molecule has 41 heavy (non-hydrogen) atoms. The summed E-state index contributed by atoms with van der Waals surface area (Å²) in [6.07, 6.45) is 3.95.